The van der Waals surface area contributed by atoms with Crippen molar-refractivity contribution in [2.75, 3.05) is 6.54 Å². The van der Waals surface area contributed by atoms with Gasteiger partial charge in [-0.3, -0.25) is 0 Å². The van der Waals surface area contributed by atoms with Gasteiger partial charge in [0.2, 0.25) is 0 Å². The first-order chi connectivity index (χ1) is 7.13. The number of nitrogens with two attached hydrogens (primary N) is 1. The third-order valence-electron chi connectivity index (χ3n) is 2.38. The van der Waals surface area contributed by atoms with Crippen molar-refractivity contribution in [2.24, 2.45) is 11.7 Å². The molecule has 2 heteroatoms. The number of hydrogen-bond donors (Lipinski definition) is 1. The molecule has 1 nitrogen and oxygen atoms in total. The van der Waals surface area contributed by atoms with Crippen molar-refractivity contribution in [1.82, 2.24) is 0 Å². The van der Waals surface area contributed by atoms with E-state index in [1.807, 2.05) is 18.2 Å². The molecule has 1 rings (SSSR count). The highest BCUT2D eigenvalue weighted by molar-refractivity contribution is 5.25. The van der Waals surface area contributed by atoms with Gasteiger partial charge < -0.3 is 5.73 Å². The van der Waals surface area contributed by atoms with Gasteiger partial charge in [0, 0.05) is 0 Å². The van der Waals surface area contributed by atoms with E-state index in [-0.39, 0.29) is 0 Å². The summed E-state index contributed by atoms with van der Waals surface area (Å²) >= 11 is 0. The lowest BCUT2D eigenvalue weighted by molar-refractivity contribution is 0.327. The summed E-state index contributed by atoms with van der Waals surface area (Å²) in [6, 6.07) is 7.78. The maximum absolute atomic E-state index is 13.6. The predicted octanol–water partition coefficient (Wildman–Crippen LogP) is 3.24. The molecule has 0 radical (unpaired) electrons. The van der Waals surface area contributed by atoms with Gasteiger partial charge in [0.15, 0.2) is 0 Å². The van der Waals surface area contributed by atoms with Crippen LogP contribution in [0.15, 0.2) is 24.3 Å². The van der Waals surface area contributed by atoms with Crippen LogP contribution in [0.3, 0.4) is 0 Å². The van der Waals surface area contributed by atoms with Crippen LogP contribution in [0, 0.1) is 5.92 Å². The average molecular weight is 209 g/mol. The van der Waals surface area contributed by atoms with Gasteiger partial charge in [-0.25, -0.2) is 4.39 Å². The molecule has 0 aromatic heterocycles. The molecule has 1 aromatic rings. The minimum Gasteiger partial charge on any atom is -0.330 e. The zero-order valence-corrected chi connectivity index (χ0v) is 9.54. The highest BCUT2D eigenvalue weighted by Gasteiger charge is 2.09. The third-order valence-corrected chi connectivity index (χ3v) is 2.38. The lowest BCUT2D eigenvalue weighted by Crippen LogP contribution is -2.04. The molecule has 0 aliphatic rings. The Morgan fingerprint density at radius 2 is 2.07 bits per heavy atom. The molecule has 0 saturated carbocycles. The van der Waals surface area contributed by atoms with Crippen molar-refractivity contribution in [3.8, 4) is 0 Å². The first-order valence-electron chi connectivity index (χ1n) is 5.56. The fourth-order valence-corrected chi connectivity index (χ4v) is 1.70. The summed E-state index contributed by atoms with van der Waals surface area (Å²) in [6.07, 6.45) is 0.496. The molecule has 0 heterocycles. The Labute approximate surface area is 91.5 Å². The van der Waals surface area contributed by atoms with Crippen LogP contribution in [0.5, 0.6) is 0 Å². The molecule has 0 bridgehead atoms. The molecule has 1 unspecified atom stereocenters. The summed E-state index contributed by atoms with van der Waals surface area (Å²) in [5.41, 5.74) is 7.32. The molecule has 84 valence electrons. The van der Waals surface area contributed by atoms with Crippen molar-refractivity contribution in [3.05, 3.63) is 35.4 Å². The van der Waals surface area contributed by atoms with E-state index in [1.54, 1.807) is 0 Å². The topological polar surface area (TPSA) is 26.0 Å². The Morgan fingerprint density at radius 1 is 1.33 bits per heavy atom. The Balaban J connectivity index is 2.73. The Kier molecular flexibility index (Phi) is 4.76. The fourth-order valence-electron chi connectivity index (χ4n) is 1.70. The van der Waals surface area contributed by atoms with Gasteiger partial charge in [-0.1, -0.05) is 38.1 Å². The monoisotopic (exact) mass is 209 g/mol. The molecule has 15 heavy (non-hydrogen) atoms. The molecule has 0 aliphatic heterocycles. The first kappa shape index (κ1) is 12.2. The van der Waals surface area contributed by atoms with Crippen LogP contribution < -0.4 is 5.73 Å². The van der Waals surface area contributed by atoms with Crippen molar-refractivity contribution in [2.45, 2.75) is 32.9 Å². The maximum atomic E-state index is 13.6. The number of benzene rings is 1. The van der Waals surface area contributed by atoms with Crippen LogP contribution in [0.1, 0.15) is 37.6 Å². The number of alkyl halides is 1. The maximum Gasteiger partial charge on any atom is 0.126 e. The average Bonchev–Trinajstić information content (AvgIpc) is 2.17. The smallest absolute Gasteiger partial charge is 0.126 e. The molecule has 2 N–H and O–H groups in total. The van der Waals surface area contributed by atoms with Crippen LogP contribution in [0.2, 0.25) is 0 Å². The van der Waals surface area contributed by atoms with Crippen molar-refractivity contribution in [3.63, 3.8) is 0 Å². The van der Waals surface area contributed by atoms with Gasteiger partial charge in [0.25, 0.3) is 0 Å². The van der Waals surface area contributed by atoms with Crippen LogP contribution in [-0.2, 0) is 6.42 Å². The number of hydrogen-bond acceptors (Lipinski definition) is 1. The van der Waals surface area contributed by atoms with E-state index in [2.05, 4.69) is 19.9 Å². The Morgan fingerprint density at radius 3 is 2.67 bits per heavy atom. The van der Waals surface area contributed by atoms with Gasteiger partial charge in [-0.2, -0.15) is 0 Å². The largest absolute Gasteiger partial charge is 0.330 e. The molecule has 1 atom stereocenters. The van der Waals surface area contributed by atoms with Crippen LogP contribution in [0.25, 0.3) is 0 Å². The predicted molar refractivity (Wildman–Crippen MR) is 62.5 cm³/mol. The standard InChI is InChI=1S/C13H20FN/c1-10(2)8-11-4-3-5-12(9-11)13(14)6-7-15/h3-5,9-10,13H,6-8,15H2,1-2H3. The van der Waals surface area contributed by atoms with Crippen molar-refractivity contribution in [1.29, 1.82) is 0 Å². The van der Waals surface area contributed by atoms with E-state index in [4.69, 9.17) is 5.73 Å². The van der Waals surface area contributed by atoms with Gasteiger partial charge in [-0.15, -0.1) is 0 Å². The van der Waals surface area contributed by atoms with E-state index in [1.165, 1.54) is 5.56 Å². The number of halogens is 1. The summed E-state index contributed by atoms with van der Waals surface area (Å²) in [5.74, 6) is 0.604. The van der Waals surface area contributed by atoms with Gasteiger partial charge in [0.1, 0.15) is 6.17 Å². The highest BCUT2D eigenvalue weighted by Crippen LogP contribution is 2.22. The fraction of sp³-hybridized carbons (Fsp3) is 0.538. The van der Waals surface area contributed by atoms with Crippen LogP contribution in [-0.4, -0.2) is 6.54 Å². The second-order valence-electron chi connectivity index (χ2n) is 4.39. The lowest BCUT2D eigenvalue weighted by Gasteiger charge is -2.10. The SMILES string of the molecule is CC(C)Cc1cccc(C(F)CCN)c1. The van der Waals surface area contributed by atoms with Gasteiger partial charge >= 0.3 is 0 Å². The minimum absolute atomic E-state index is 0.398. The quantitative estimate of drug-likeness (QED) is 0.791. The van der Waals surface area contributed by atoms with Gasteiger partial charge in [0.05, 0.1) is 0 Å². The molecule has 0 saturated heterocycles. The van der Waals surface area contributed by atoms with E-state index >= 15 is 0 Å². The second-order valence-corrected chi connectivity index (χ2v) is 4.39. The van der Waals surface area contributed by atoms with Crippen LogP contribution in [0.4, 0.5) is 4.39 Å². The van der Waals surface area contributed by atoms with E-state index in [0.29, 0.717) is 18.9 Å². The molecule has 0 fully saturated rings. The first-order valence-corrected chi connectivity index (χ1v) is 5.56. The molecule has 0 spiro atoms. The van der Waals surface area contributed by atoms with E-state index in [9.17, 15) is 4.39 Å². The molecule has 0 aliphatic carbocycles. The van der Waals surface area contributed by atoms with Crippen molar-refractivity contribution < 1.29 is 4.39 Å². The summed E-state index contributed by atoms with van der Waals surface area (Å²) in [6.45, 7) is 4.73. The Bertz CT molecular complexity index is 296. The summed E-state index contributed by atoms with van der Waals surface area (Å²) in [7, 11) is 0. The van der Waals surface area contributed by atoms with Crippen molar-refractivity contribution >= 4 is 0 Å². The number of rotatable bonds is 5. The zero-order valence-electron chi connectivity index (χ0n) is 9.54. The van der Waals surface area contributed by atoms with E-state index in [0.717, 1.165) is 12.0 Å². The van der Waals surface area contributed by atoms with E-state index < -0.39 is 6.17 Å². The third kappa shape index (κ3) is 4.00. The summed E-state index contributed by atoms with van der Waals surface area (Å²) < 4.78 is 13.6. The molecular weight excluding hydrogens is 189 g/mol. The Hall–Kier alpha value is -0.890. The lowest BCUT2D eigenvalue weighted by atomic mass is 9.99. The normalized spacial score (nSPS) is 13.1. The van der Waals surface area contributed by atoms with Gasteiger partial charge in [-0.05, 0) is 36.4 Å². The second kappa shape index (κ2) is 5.86. The summed E-state index contributed by atoms with van der Waals surface area (Å²) in [4.78, 5) is 0. The molecule has 1 aromatic carbocycles. The summed E-state index contributed by atoms with van der Waals surface area (Å²) in [5, 5.41) is 0. The molecular formula is C13H20FN. The zero-order chi connectivity index (χ0) is 11.3. The van der Waals surface area contributed by atoms with Crippen LogP contribution >= 0.6 is 0 Å². The minimum atomic E-state index is -0.915. The molecule has 0 amide bonds. The highest BCUT2D eigenvalue weighted by atomic mass is 19.1.